The molecule has 1 aliphatic rings. The highest BCUT2D eigenvalue weighted by Crippen LogP contribution is 2.20. The van der Waals surface area contributed by atoms with Gasteiger partial charge in [0, 0.05) is 24.2 Å². The number of aromatic nitrogens is 1. The predicted octanol–water partition coefficient (Wildman–Crippen LogP) is 5.06. The molecule has 1 atom stereocenters. The Bertz CT molecular complexity index is 965. The second-order valence-corrected chi connectivity index (χ2v) is 8.08. The van der Waals surface area contributed by atoms with E-state index in [4.69, 9.17) is 9.73 Å². The molecule has 0 unspecified atom stereocenters. The first-order chi connectivity index (χ1) is 13.7. The molecule has 1 aliphatic heterocycles. The lowest BCUT2D eigenvalue weighted by Crippen LogP contribution is -2.11. The summed E-state index contributed by atoms with van der Waals surface area (Å²) in [6, 6.07) is 19.5. The van der Waals surface area contributed by atoms with Crippen LogP contribution in [0.15, 0.2) is 71.9 Å². The largest absolute Gasteiger partial charge is 0.474 e. The van der Waals surface area contributed by atoms with Gasteiger partial charge in [-0.15, -0.1) is 0 Å². The summed E-state index contributed by atoms with van der Waals surface area (Å²) in [7, 11) is 0. The summed E-state index contributed by atoms with van der Waals surface area (Å²) in [5.74, 6) is 2.27. The van der Waals surface area contributed by atoms with Crippen molar-refractivity contribution in [2.75, 3.05) is 12.4 Å². The van der Waals surface area contributed by atoms with Gasteiger partial charge in [-0.3, -0.25) is 0 Å². The molecule has 144 valence electrons. The molecule has 3 aromatic rings. The smallest absolute Gasteiger partial charge is 0.233 e. The third-order valence-corrected chi connectivity index (χ3v) is 5.85. The molecule has 0 fully saturated rings. The molecule has 5 heteroatoms. The molecule has 0 radical (unpaired) electrons. The number of rotatable bonds is 7. The minimum Gasteiger partial charge on any atom is -0.474 e. The molecule has 4 rings (SSSR count). The van der Waals surface area contributed by atoms with Crippen LogP contribution in [-0.2, 0) is 17.0 Å². The van der Waals surface area contributed by atoms with Crippen LogP contribution in [0.4, 0.5) is 4.39 Å². The Hall–Kier alpha value is -2.53. The van der Waals surface area contributed by atoms with Gasteiger partial charge in [0.05, 0.1) is 6.04 Å². The Labute approximate surface area is 169 Å². The molecular weight excluding hydrogens is 371 g/mol. The van der Waals surface area contributed by atoms with E-state index in [9.17, 15) is 4.39 Å². The predicted molar refractivity (Wildman–Crippen MR) is 114 cm³/mol. The fraction of sp³-hybridized carbons (Fsp3) is 0.261. The van der Waals surface area contributed by atoms with Crippen molar-refractivity contribution in [2.24, 2.45) is 4.99 Å². The number of hydrogen-bond donors (Lipinski definition) is 0. The van der Waals surface area contributed by atoms with Crippen LogP contribution in [-0.4, -0.2) is 28.9 Å². The van der Waals surface area contributed by atoms with Gasteiger partial charge in [-0.05, 0) is 42.3 Å². The van der Waals surface area contributed by atoms with Crippen molar-refractivity contribution in [1.82, 2.24) is 4.57 Å². The van der Waals surface area contributed by atoms with Crippen molar-refractivity contribution in [1.29, 1.82) is 0 Å². The number of nitrogens with zero attached hydrogens (tertiary/aromatic N) is 2. The third kappa shape index (κ3) is 4.65. The van der Waals surface area contributed by atoms with E-state index in [-0.39, 0.29) is 11.9 Å². The van der Waals surface area contributed by atoms with E-state index in [1.54, 1.807) is 11.8 Å². The Morgan fingerprint density at radius 1 is 1.11 bits per heavy atom. The maximum Gasteiger partial charge on any atom is 0.233 e. The first-order valence-corrected chi connectivity index (χ1v) is 10.6. The van der Waals surface area contributed by atoms with Crippen molar-refractivity contribution in [2.45, 2.75) is 25.3 Å². The lowest BCUT2D eigenvalue weighted by Gasteiger charge is -2.09. The standard InChI is InChI=1S/C23H23FN2OS/c1-17-4-2-5-19(12-17)13-26-11-3-6-22(26)23-25-21(14-27-23)16-28-15-18-7-9-20(24)10-8-18/h2-12,21H,13-16H2,1H3/t21-/m1/s1. The van der Waals surface area contributed by atoms with Gasteiger partial charge in [0.1, 0.15) is 18.1 Å². The van der Waals surface area contributed by atoms with Crippen LogP contribution in [0, 0.1) is 12.7 Å². The summed E-state index contributed by atoms with van der Waals surface area (Å²) in [5.41, 5.74) is 4.68. The quantitative estimate of drug-likeness (QED) is 0.560. The van der Waals surface area contributed by atoms with E-state index in [0.717, 1.165) is 35.2 Å². The normalized spacial score (nSPS) is 16.1. The Kier molecular flexibility index (Phi) is 5.81. The number of aliphatic imine (C=N–C) groups is 1. The van der Waals surface area contributed by atoms with Gasteiger partial charge < -0.3 is 9.30 Å². The van der Waals surface area contributed by atoms with Crippen LogP contribution in [0.25, 0.3) is 0 Å². The number of benzene rings is 2. The first kappa shape index (κ1) is 18.8. The second kappa shape index (κ2) is 8.65. The van der Waals surface area contributed by atoms with E-state index >= 15 is 0 Å². The van der Waals surface area contributed by atoms with E-state index in [1.807, 2.05) is 18.2 Å². The average Bonchev–Trinajstić information content (AvgIpc) is 3.33. The van der Waals surface area contributed by atoms with Gasteiger partial charge >= 0.3 is 0 Å². The maximum absolute atomic E-state index is 13.0. The SMILES string of the molecule is Cc1cccc(Cn2cccc2C2=N[C@@H](CSCc3ccc(F)cc3)CO2)c1. The zero-order valence-electron chi connectivity index (χ0n) is 15.8. The molecule has 0 saturated heterocycles. The molecule has 0 bridgehead atoms. The minimum absolute atomic E-state index is 0.155. The van der Waals surface area contributed by atoms with Crippen molar-refractivity contribution in [3.8, 4) is 0 Å². The fourth-order valence-electron chi connectivity index (χ4n) is 3.29. The lowest BCUT2D eigenvalue weighted by molar-refractivity contribution is 0.323. The molecule has 0 N–H and O–H groups in total. The maximum atomic E-state index is 13.0. The number of ether oxygens (including phenoxy) is 1. The van der Waals surface area contributed by atoms with Gasteiger partial charge in [-0.2, -0.15) is 11.8 Å². The van der Waals surface area contributed by atoms with Crippen LogP contribution in [0.3, 0.4) is 0 Å². The van der Waals surface area contributed by atoms with Crippen LogP contribution in [0.2, 0.25) is 0 Å². The van der Waals surface area contributed by atoms with E-state index in [1.165, 1.54) is 23.3 Å². The monoisotopic (exact) mass is 394 g/mol. The van der Waals surface area contributed by atoms with Gasteiger partial charge in [-0.25, -0.2) is 9.38 Å². The van der Waals surface area contributed by atoms with Crippen molar-refractivity contribution < 1.29 is 9.13 Å². The van der Waals surface area contributed by atoms with E-state index in [2.05, 4.69) is 48.0 Å². The second-order valence-electron chi connectivity index (χ2n) is 7.05. The summed E-state index contributed by atoms with van der Waals surface area (Å²) in [5, 5.41) is 0. The Balaban J connectivity index is 1.36. The number of thioether (sulfide) groups is 1. The van der Waals surface area contributed by atoms with Crippen LogP contribution in [0.5, 0.6) is 0 Å². The third-order valence-electron chi connectivity index (χ3n) is 4.69. The number of aryl methyl sites for hydroxylation is 1. The zero-order chi connectivity index (χ0) is 19.3. The van der Waals surface area contributed by atoms with Gasteiger partial charge in [0.15, 0.2) is 0 Å². The molecule has 0 aliphatic carbocycles. The summed E-state index contributed by atoms with van der Waals surface area (Å²) >= 11 is 1.80. The van der Waals surface area contributed by atoms with Gasteiger partial charge in [0.25, 0.3) is 0 Å². The molecule has 2 heterocycles. The molecule has 3 nitrogen and oxygen atoms in total. The lowest BCUT2D eigenvalue weighted by atomic mass is 10.1. The molecule has 1 aromatic heterocycles. The molecule has 0 amide bonds. The minimum atomic E-state index is -0.194. The Morgan fingerprint density at radius 3 is 2.79 bits per heavy atom. The molecule has 0 saturated carbocycles. The summed E-state index contributed by atoms with van der Waals surface area (Å²) in [4.78, 5) is 4.79. The van der Waals surface area contributed by atoms with E-state index < -0.39 is 0 Å². The summed E-state index contributed by atoms with van der Waals surface area (Å²) in [6.45, 7) is 3.52. The van der Waals surface area contributed by atoms with Crippen molar-refractivity contribution in [3.63, 3.8) is 0 Å². The summed E-state index contributed by atoms with van der Waals surface area (Å²) < 4.78 is 21.1. The molecule has 28 heavy (non-hydrogen) atoms. The number of halogens is 1. The fourth-order valence-corrected chi connectivity index (χ4v) is 4.28. The van der Waals surface area contributed by atoms with Crippen LogP contribution < -0.4 is 0 Å². The molecule has 0 spiro atoms. The Morgan fingerprint density at radius 2 is 1.96 bits per heavy atom. The zero-order valence-corrected chi connectivity index (χ0v) is 16.7. The van der Waals surface area contributed by atoms with Crippen LogP contribution in [0.1, 0.15) is 22.4 Å². The highest BCUT2D eigenvalue weighted by atomic mass is 32.2. The average molecular weight is 395 g/mol. The van der Waals surface area contributed by atoms with Gasteiger partial charge in [-0.1, -0.05) is 42.0 Å². The van der Waals surface area contributed by atoms with Crippen LogP contribution >= 0.6 is 11.8 Å². The topological polar surface area (TPSA) is 26.5 Å². The molecular formula is C23H23FN2OS. The van der Waals surface area contributed by atoms with Gasteiger partial charge in [0.2, 0.25) is 5.90 Å². The van der Waals surface area contributed by atoms with Crippen molar-refractivity contribution in [3.05, 3.63) is 95.1 Å². The highest BCUT2D eigenvalue weighted by molar-refractivity contribution is 7.98. The number of hydrogen-bond acceptors (Lipinski definition) is 3. The summed E-state index contributed by atoms with van der Waals surface area (Å²) in [6.07, 6.45) is 2.07. The highest BCUT2D eigenvalue weighted by Gasteiger charge is 2.22. The molecule has 2 aromatic carbocycles. The van der Waals surface area contributed by atoms with E-state index in [0.29, 0.717) is 6.61 Å². The first-order valence-electron chi connectivity index (χ1n) is 9.41. The van der Waals surface area contributed by atoms with Crippen molar-refractivity contribution >= 4 is 17.7 Å².